The van der Waals surface area contributed by atoms with Gasteiger partial charge in [0.2, 0.25) is 5.91 Å². The first-order valence-electron chi connectivity index (χ1n) is 8.55. The van der Waals surface area contributed by atoms with Gasteiger partial charge in [0.15, 0.2) is 0 Å². The molecule has 0 spiro atoms. The molecule has 0 fully saturated rings. The number of nitrogens with one attached hydrogen (secondary N) is 1. The molecule has 0 bridgehead atoms. The number of carbonyl (C=O) groups excluding carboxylic acids is 1. The third kappa shape index (κ3) is 2.68. The first kappa shape index (κ1) is 17.4. The monoisotopic (exact) mass is 390 g/mol. The normalized spacial score (nSPS) is 18.8. The van der Waals surface area contributed by atoms with Gasteiger partial charge in [-0.3, -0.25) is 9.52 Å². The molecule has 0 saturated carbocycles. The van der Waals surface area contributed by atoms with Gasteiger partial charge in [0.1, 0.15) is 0 Å². The average molecular weight is 391 g/mol. The van der Waals surface area contributed by atoms with E-state index in [9.17, 15) is 13.2 Å². The van der Waals surface area contributed by atoms with Crippen molar-refractivity contribution >= 4 is 38.9 Å². The van der Waals surface area contributed by atoms with E-state index in [1.54, 1.807) is 35.2 Å². The molecule has 136 valence electrons. The summed E-state index contributed by atoms with van der Waals surface area (Å²) in [5.74, 6) is -0.265. The molecule has 5 nitrogen and oxygen atoms in total. The van der Waals surface area contributed by atoms with Gasteiger partial charge < -0.3 is 4.90 Å². The van der Waals surface area contributed by atoms with Gasteiger partial charge in [-0.1, -0.05) is 17.7 Å². The molecule has 1 N–H and O–H groups in total. The molecule has 1 unspecified atom stereocenters. The highest BCUT2D eigenvalue weighted by atomic mass is 35.5. The number of sulfonamides is 1. The number of benzene rings is 2. The summed E-state index contributed by atoms with van der Waals surface area (Å²) in [5, 5.41) is 0.465. The summed E-state index contributed by atoms with van der Waals surface area (Å²) in [6, 6.07) is 8.41. The van der Waals surface area contributed by atoms with E-state index in [0.29, 0.717) is 17.3 Å². The lowest BCUT2D eigenvalue weighted by Crippen LogP contribution is -2.32. The van der Waals surface area contributed by atoms with Crippen LogP contribution in [0.25, 0.3) is 0 Å². The molecule has 0 aliphatic carbocycles. The van der Waals surface area contributed by atoms with Crippen molar-refractivity contribution in [2.75, 3.05) is 16.2 Å². The molecule has 0 radical (unpaired) electrons. The Labute approximate surface area is 158 Å². The Morgan fingerprint density at radius 1 is 1.23 bits per heavy atom. The largest absolute Gasteiger partial charge is 0.311 e. The number of hydrogen-bond acceptors (Lipinski definition) is 3. The molecule has 26 heavy (non-hydrogen) atoms. The second-order valence-electron chi connectivity index (χ2n) is 6.90. The Balaban J connectivity index is 1.79. The molecule has 2 aromatic rings. The SMILES string of the molecule is Cc1ccc(Cl)cc1NS(=O)(=O)c1cc2c3c(c1)C(C)C(=O)N3CCC2. The predicted molar refractivity (Wildman–Crippen MR) is 103 cm³/mol. The van der Waals surface area contributed by atoms with E-state index >= 15 is 0 Å². The van der Waals surface area contributed by atoms with Crippen molar-refractivity contribution in [1.82, 2.24) is 0 Å². The van der Waals surface area contributed by atoms with Crippen LogP contribution in [0.5, 0.6) is 0 Å². The van der Waals surface area contributed by atoms with E-state index in [-0.39, 0.29) is 16.7 Å². The van der Waals surface area contributed by atoms with E-state index in [1.165, 1.54) is 0 Å². The molecule has 2 aromatic carbocycles. The van der Waals surface area contributed by atoms with Crippen LogP contribution >= 0.6 is 11.6 Å². The number of carbonyl (C=O) groups is 1. The van der Waals surface area contributed by atoms with Crippen molar-refractivity contribution < 1.29 is 13.2 Å². The maximum absolute atomic E-state index is 13.0. The van der Waals surface area contributed by atoms with Crippen LogP contribution in [0.4, 0.5) is 11.4 Å². The van der Waals surface area contributed by atoms with Crippen molar-refractivity contribution in [1.29, 1.82) is 0 Å². The van der Waals surface area contributed by atoms with E-state index < -0.39 is 10.0 Å². The molecule has 7 heteroatoms. The van der Waals surface area contributed by atoms with E-state index in [4.69, 9.17) is 11.6 Å². The maximum atomic E-state index is 13.0. The fraction of sp³-hybridized carbons (Fsp3) is 0.316. The molecule has 2 aliphatic heterocycles. The zero-order chi connectivity index (χ0) is 18.6. The number of rotatable bonds is 3. The highest BCUT2D eigenvalue weighted by Crippen LogP contribution is 2.44. The molecule has 1 atom stereocenters. The van der Waals surface area contributed by atoms with Crippen molar-refractivity contribution in [3.8, 4) is 0 Å². The van der Waals surface area contributed by atoms with Gasteiger partial charge in [-0.05, 0) is 67.6 Å². The zero-order valence-electron chi connectivity index (χ0n) is 14.5. The topological polar surface area (TPSA) is 66.5 Å². The number of hydrogen-bond donors (Lipinski definition) is 1. The van der Waals surface area contributed by atoms with E-state index in [0.717, 1.165) is 35.2 Å². The van der Waals surface area contributed by atoms with Gasteiger partial charge in [-0.25, -0.2) is 8.42 Å². The Kier molecular flexibility index (Phi) is 4.00. The first-order valence-corrected chi connectivity index (χ1v) is 10.4. The summed E-state index contributed by atoms with van der Waals surface area (Å²) in [6.45, 7) is 4.36. The Morgan fingerprint density at radius 2 is 2.00 bits per heavy atom. The molecule has 2 aliphatic rings. The summed E-state index contributed by atoms with van der Waals surface area (Å²) >= 11 is 6.00. The average Bonchev–Trinajstić information content (AvgIpc) is 2.85. The minimum atomic E-state index is -3.78. The lowest BCUT2D eigenvalue weighted by molar-refractivity contribution is -0.119. The van der Waals surface area contributed by atoms with E-state index in [1.807, 2.05) is 13.8 Å². The minimum Gasteiger partial charge on any atom is -0.311 e. The standard InChI is InChI=1S/C19H19ClN2O3S/c1-11-5-6-14(20)9-17(11)21-26(24,25)15-8-13-4-3-7-22-18(13)16(10-15)12(2)19(22)23/h5-6,8-10,12,21H,3-4,7H2,1-2H3. The van der Waals surface area contributed by atoms with Crippen molar-refractivity contribution in [2.45, 2.75) is 37.5 Å². The van der Waals surface area contributed by atoms with Gasteiger partial charge in [0.25, 0.3) is 10.0 Å². The highest BCUT2D eigenvalue weighted by Gasteiger charge is 2.38. The van der Waals surface area contributed by atoms with Crippen LogP contribution in [0.1, 0.15) is 36.0 Å². The van der Waals surface area contributed by atoms with Crippen LogP contribution in [-0.2, 0) is 21.2 Å². The van der Waals surface area contributed by atoms with Crippen LogP contribution in [0.15, 0.2) is 35.2 Å². The molecule has 2 heterocycles. The quantitative estimate of drug-likeness (QED) is 0.865. The predicted octanol–water partition coefficient (Wildman–Crippen LogP) is 3.85. The summed E-state index contributed by atoms with van der Waals surface area (Å²) in [5.41, 5.74) is 3.88. The minimum absolute atomic E-state index is 0.0501. The molecular formula is C19H19ClN2O3S. The van der Waals surface area contributed by atoms with Gasteiger partial charge in [-0.15, -0.1) is 0 Å². The lowest BCUT2D eigenvalue weighted by atomic mass is 9.97. The zero-order valence-corrected chi connectivity index (χ0v) is 16.1. The van der Waals surface area contributed by atoms with Crippen LogP contribution in [-0.4, -0.2) is 20.9 Å². The fourth-order valence-corrected chi connectivity index (χ4v) is 5.11. The van der Waals surface area contributed by atoms with Gasteiger partial charge >= 0.3 is 0 Å². The van der Waals surface area contributed by atoms with E-state index in [2.05, 4.69) is 4.72 Å². The smallest absolute Gasteiger partial charge is 0.261 e. The van der Waals surface area contributed by atoms with Crippen LogP contribution in [0.2, 0.25) is 5.02 Å². The summed E-state index contributed by atoms with van der Waals surface area (Å²) < 4.78 is 28.6. The maximum Gasteiger partial charge on any atom is 0.261 e. The summed E-state index contributed by atoms with van der Waals surface area (Å²) in [7, 11) is -3.78. The molecule has 0 aromatic heterocycles. The van der Waals surface area contributed by atoms with Crippen molar-refractivity contribution in [3.05, 3.63) is 52.0 Å². The third-order valence-corrected chi connectivity index (χ3v) is 6.73. The fourth-order valence-electron chi connectivity index (χ4n) is 3.73. The van der Waals surface area contributed by atoms with Crippen LogP contribution in [0, 0.1) is 6.92 Å². The molecule has 1 amide bonds. The van der Waals surface area contributed by atoms with Crippen molar-refractivity contribution in [2.24, 2.45) is 0 Å². The van der Waals surface area contributed by atoms with Gasteiger partial charge in [0, 0.05) is 11.6 Å². The first-order chi connectivity index (χ1) is 12.3. The Bertz CT molecular complexity index is 1030. The van der Waals surface area contributed by atoms with Crippen LogP contribution < -0.4 is 9.62 Å². The second-order valence-corrected chi connectivity index (χ2v) is 9.02. The molecule has 4 rings (SSSR count). The number of amides is 1. The molecule has 0 saturated heterocycles. The lowest BCUT2D eigenvalue weighted by Gasteiger charge is -2.26. The number of halogens is 1. The summed E-state index contributed by atoms with van der Waals surface area (Å²) in [6.07, 6.45) is 1.62. The number of nitrogens with zero attached hydrogens (tertiary/aromatic N) is 1. The Morgan fingerprint density at radius 3 is 2.77 bits per heavy atom. The molecular weight excluding hydrogens is 372 g/mol. The third-order valence-electron chi connectivity index (χ3n) is 5.15. The second kappa shape index (κ2) is 5.99. The summed E-state index contributed by atoms with van der Waals surface area (Å²) in [4.78, 5) is 14.4. The highest BCUT2D eigenvalue weighted by molar-refractivity contribution is 7.92. The number of anilines is 2. The van der Waals surface area contributed by atoms with Gasteiger partial charge in [0.05, 0.1) is 22.2 Å². The van der Waals surface area contributed by atoms with Gasteiger partial charge in [-0.2, -0.15) is 0 Å². The number of aryl methyl sites for hydroxylation is 2. The van der Waals surface area contributed by atoms with Crippen molar-refractivity contribution in [3.63, 3.8) is 0 Å². The Hall–Kier alpha value is -2.05. The van der Waals surface area contributed by atoms with Crippen LogP contribution in [0.3, 0.4) is 0 Å².